The number of carbonyl (C=O) groups excluding carboxylic acids is 3. The minimum absolute atomic E-state index is 0.0447. The molecule has 43 heavy (non-hydrogen) atoms. The van der Waals surface area contributed by atoms with Gasteiger partial charge in [-0.15, -0.1) is 5.10 Å². The Morgan fingerprint density at radius 1 is 0.791 bits per heavy atom. The zero-order valence-electron chi connectivity index (χ0n) is 25.6. The average molecular weight is 589 g/mol. The minimum atomic E-state index is -0.200. The van der Waals surface area contributed by atoms with Gasteiger partial charge in [0.15, 0.2) is 0 Å². The first-order chi connectivity index (χ1) is 21.0. The molecule has 0 fully saturated rings. The van der Waals surface area contributed by atoms with Crippen LogP contribution in [0.25, 0.3) is 22.5 Å². The molecule has 0 radical (unpaired) electrons. The van der Waals surface area contributed by atoms with Crippen molar-refractivity contribution in [2.45, 2.75) is 91.1 Å². The Hall–Kier alpha value is -3.85. The van der Waals surface area contributed by atoms with E-state index in [9.17, 15) is 14.4 Å². The van der Waals surface area contributed by atoms with E-state index in [0.29, 0.717) is 52.0 Å². The van der Waals surface area contributed by atoms with Gasteiger partial charge in [0.2, 0.25) is 5.91 Å². The van der Waals surface area contributed by atoms with Crippen molar-refractivity contribution in [2.24, 2.45) is 0 Å². The van der Waals surface area contributed by atoms with Crippen LogP contribution in [0.1, 0.15) is 83.6 Å². The fraction of sp³-hybridized carbons (Fsp3) is 0.500. The van der Waals surface area contributed by atoms with Gasteiger partial charge in [-0.05, 0) is 30.9 Å². The summed E-state index contributed by atoms with van der Waals surface area (Å²) in [5.41, 5.74) is 4.98. The number of Topliss-reactive ketones (excluding diaryl/α,β-unsaturated/α-hetero) is 1. The molecule has 9 heteroatoms. The van der Waals surface area contributed by atoms with E-state index >= 15 is 0 Å². The number of unbranched alkanes of at least 4 members (excludes halogenated alkanes) is 3. The second-order valence-corrected chi connectivity index (χ2v) is 10.9. The zero-order valence-corrected chi connectivity index (χ0v) is 25.6. The maximum atomic E-state index is 13.7. The van der Waals surface area contributed by atoms with Crippen molar-refractivity contribution in [1.29, 1.82) is 0 Å². The Balaban J connectivity index is 1.52. The van der Waals surface area contributed by atoms with Crippen LogP contribution in [0.2, 0.25) is 0 Å². The number of rotatable bonds is 17. The lowest BCUT2D eigenvalue weighted by Gasteiger charge is -2.29. The number of para-hydroxylation sites is 1. The molecule has 2 heterocycles. The van der Waals surface area contributed by atoms with Crippen LogP contribution in [-0.2, 0) is 36.9 Å². The highest BCUT2D eigenvalue weighted by Gasteiger charge is 2.29. The van der Waals surface area contributed by atoms with Gasteiger partial charge in [0.05, 0.1) is 31.1 Å². The standard InChI is InChI=1S/C34H44N4O5/c1-3-5-6-7-19-32(41)43-24-21-38-34-29-16-10-11-17-30(29)37(25-26-13-8-9-15-28(26)33(34)35-36-38)31(40)18-12-14-27(39)20-23-42-22-4-2/h8-11,13,15-17H,3-7,12,14,18-25H2,1-2H3. The highest BCUT2D eigenvalue weighted by molar-refractivity contribution is 6.00. The third kappa shape index (κ3) is 8.83. The maximum absolute atomic E-state index is 13.7. The summed E-state index contributed by atoms with van der Waals surface area (Å²) in [7, 11) is 0. The van der Waals surface area contributed by atoms with Crippen molar-refractivity contribution in [3.8, 4) is 22.5 Å². The number of ether oxygens (including phenoxy) is 2. The van der Waals surface area contributed by atoms with Gasteiger partial charge in [0.1, 0.15) is 18.1 Å². The molecule has 1 aromatic heterocycles. The van der Waals surface area contributed by atoms with Gasteiger partial charge in [-0.2, -0.15) is 0 Å². The number of ketones is 1. The third-order valence-corrected chi connectivity index (χ3v) is 7.61. The molecule has 0 saturated heterocycles. The van der Waals surface area contributed by atoms with E-state index in [4.69, 9.17) is 9.47 Å². The van der Waals surface area contributed by atoms with Gasteiger partial charge >= 0.3 is 5.97 Å². The molecule has 1 amide bonds. The summed E-state index contributed by atoms with van der Waals surface area (Å²) >= 11 is 0. The van der Waals surface area contributed by atoms with Gasteiger partial charge in [-0.25, -0.2) is 4.68 Å². The number of hydrogen-bond donors (Lipinski definition) is 0. The highest BCUT2D eigenvalue weighted by Crippen LogP contribution is 2.41. The molecule has 0 aliphatic carbocycles. The van der Waals surface area contributed by atoms with E-state index in [2.05, 4.69) is 17.2 Å². The molecule has 1 aliphatic rings. The fourth-order valence-electron chi connectivity index (χ4n) is 5.34. The second-order valence-electron chi connectivity index (χ2n) is 10.9. The zero-order chi connectivity index (χ0) is 30.4. The SMILES string of the molecule is CCCCCCC(=O)OCCn1nnc2c1-c1ccccc1N(C(=O)CCCC(=O)CCOCCC)Cc1ccccc1-2. The van der Waals surface area contributed by atoms with Crippen molar-refractivity contribution in [3.63, 3.8) is 0 Å². The fourth-order valence-corrected chi connectivity index (χ4v) is 5.34. The molecule has 0 unspecified atom stereocenters. The quantitative estimate of drug-likeness (QED) is 0.130. The van der Waals surface area contributed by atoms with E-state index in [1.54, 1.807) is 9.58 Å². The van der Waals surface area contributed by atoms with Gasteiger partial charge in [-0.1, -0.05) is 80.8 Å². The first-order valence-corrected chi connectivity index (χ1v) is 15.7. The van der Waals surface area contributed by atoms with E-state index in [0.717, 1.165) is 65.9 Å². The van der Waals surface area contributed by atoms with Crippen LogP contribution in [0.15, 0.2) is 48.5 Å². The Labute approximate surface area is 254 Å². The smallest absolute Gasteiger partial charge is 0.305 e. The van der Waals surface area contributed by atoms with Crippen LogP contribution in [-0.4, -0.2) is 52.5 Å². The molecule has 2 aromatic carbocycles. The van der Waals surface area contributed by atoms with Crippen molar-refractivity contribution in [2.75, 3.05) is 24.7 Å². The van der Waals surface area contributed by atoms with Crippen molar-refractivity contribution < 1.29 is 23.9 Å². The summed E-state index contributed by atoms with van der Waals surface area (Å²) in [6.45, 7) is 6.17. The van der Waals surface area contributed by atoms with Crippen LogP contribution in [0.4, 0.5) is 5.69 Å². The first-order valence-electron chi connectivity index (χ1n) is 15.7. The second kappa shape index (κ2) is 16.7. The largest absolute Gasteiger partial charge is 0.464 e. The molecule has 0 N–H and O–H groups in total. The Morgan fingerprint density at radius 2 is 1.58 bits per heavy atom. The number of hydrogen-bond acceptors (Lipinski definition) is 7. The molecule has 0 atom stereocenters. The van der Waals surface area contributed by atoms with Crippen molar-refractivity contribution in [1.82, 2.24) is 15.0 Å². The summed E-state index contributed by atoms with van der Waals surface area (Å²) < 4.78 is 12.7. The first kappa shape index (κ1) is 32.1. The highest BCUT2D eigenvalue weighted by atomic mass is 16.5. The number of amides is 1. The summed E-state index contributed by atoms with van der Waals surface area (Å²) in [6, 6.07) is 15.7. The Morgan fingerprint density at radius 3 is 2.40 bits per heavy atom. The molecule has 9 nitrogen and oxygen atoms in total. The maximum Gasteiger partial charge on any atom is 0.305 e. The molecular formula is C34H44N4O5. The summed E-state index contributed by atoms with van der Waals surface area (Å²) in [6.07, 6.45) is 6.92. The van der Waals surface area contributed by atoms with Gasteiger partial charge in [0.25, 0.3) is 0 Å². The minimum Gasteiger partial charge on any atom is -0.464 e. The molecule has 230 valence electrons. The number of esters is 1. The van der Waals surface area contributed by atoms with Crippen LogP contribution in [0.5, 0.6) is 0 Å². The van der Waals surface area contributed by atoms with Crippen molar-refractivity contribution in [3.05, 3.63) is 54.1 Å². The number of aromatic nitrogens is 3. The number of nitrogens with zero attached hydrogens (tertiary/aromatic N) is 4. The Kier molecular flexibility index (Phi) is 12.5. The van der Waals surface area contributed by atoms with Gasteiger partial charge in [-0.3, -0.25) is 14.4 Å². The van der Waals surface area contributed by atoms with Crippen LogP contribution in [0, 0.1) is 0 Å². The molecule has 0 saturated carbocycles. The van der Waals surface area contributed by atoms with Crippen molar-refractivity contribution >= 4 is 23.3 Å². The third-order valence-electron chi connectivity index (χ3n) is 7.61. The molecule has 3 aromatic rings. The van der Waals surface area contributed by atoms with Gasteiger partial charge < -0.3 is 14.4 Å². The normalized spacial score (nSPS) is 12.1. The molecule has 0 spiro atoms. The monoisotopic (exact) mass is 588 g/mol. The molecule has 4 rings (SSSR count). The average Bonchev–Trinajstić information content (AvgIpc) is 3.42. The number of carbonyl (C=O) groups is 3. The predicted molar refractivity (Wildman–Crippen MR) is 166 cm³/mol. The van der Waals surface area contributed by atoms with E-state index in [-0.39, 0.29) is 30.7 Å². The number of anilines is 1. The van der Waals surface area contributed by atoms with Crippen LogP contribution in [0.3, 0.4) is 0 Å². The summed E-state index contributed by atoms with van der Waals surface area (Å²) in [4.78, 5) is 40.1. The molecule has 1 aliphatic heterocycles. The summed E-state index contributed by atoms with van der Waals surface area (Å²) in [5, 5.41) is 9.02. The van der Waals surface area contributed by atoms with Crippen LogP contribution < -0.4 is 4.90 Å². The number of benzene rings is 2. The van der Waals surface area contributed by atoms with E-state index < -0.39 is 0 Å². The van der Waals surface area contributed by atoms with E-state index in [1.807, 2.05) is 55.5 Å². The summed E-state index contributed by atoms with van der Waals surface area (Å²) in [5.74, 6) is -0.131. The van der Waals surface area contributed by atoms with Crippen LogP contribution >= 0.6 is 0 Å². The topological polar surface area (TPSA) is 104 Å². The lowest BCUT2D eigenvalue weighted by molar-refractivity contribution is -0.144. The molecular weight excluding hydrogens is 544 g/mol. The Bertz CT molecular complexity index is 1370. The van der Waals surface area contributed by atoms with E-state index in [1.165, 1.54) is 0 Å². The predicted octanol–water partition coefficient (Wildman–Crippen LogP) is 6.53. The number of fused-ring (bicyclic) bond motifs is 5. The lowest BCUT2D eigenvalue weighted by Crippen LogP contribution is -2.31. The lowest BCUT2D eigenvalue weighted by atomic mass is 9.95. The van der Waals surface area contributed by atoms with Gasteiger partial charge in [0, 0.05) is 43.4 Å². The molecule has 0 bridgehead atoms.